The second kappa shape index (κ2) is 6.01. The van der Waals surface area contributed by atoms with Gasteiger partial charge < -0.3 is 15.0 Å². The van der Waals surface area contributed by atoms with Crippen molar-refractivity contribution in [2.75, 3.05) is 13.1 Å². The van der Waals surface area contributed by atoms with Crippen LogP contribution in [0.4, 0.5) is 0 Å². The highest BCUT2D eigenvalue weighted by Gasteiger charge is 2.14. The molecule has 4 nitrogen and oxygen atoms in total. The van der Waals surface area contributed by atoms with Crippen molar-refractivity contribution in [3.8, 4) is 0 Å². The largest absolute Gasteiger partial charge is 0.385 e. The number of aromatic nitrogens is 2. The Bertz CT molecular complexity index is 307. The van der Waals surface area contributed by atoms with Crippen molar-refractivity contribution in [1.82, 2.24) is 14.9 Å². The molecule has 1 atom stereocenters. The number of nitrogens with one attached hydrogen (secondary N) is 1. The van der Waals surface area contributed by atoms with Crippen LogP contribution in [0.3, 0.4) is 0 Å². The first-order chi connectivity index (χ1) is 7.52. The first kappa shape index (κ1) is 13.2. The lowest BCUT2D eigenvalue weighted by molar-refractivity contribution is 0.162. The number of hydrogen-bond acceptors (Lipinski definition) is 3. The van der Waals surface area contributed by atoms with Crippen LogP contribution in [-0.4, -0.2) is 27.7 Å². The molecule has 0 saturated carbocycles. The molecule has 1 rings (SSSR count). The maximum absolute atomic E-state index is 10.0. The molecule has 0 saturated heterocycles. The van der Waals surface area contributed by atoms with Gasteiger partial charge in [-0.25, -0.2) is 4.98 Å². The van der Waals surface area contributed by atoms with E-state index in [-0.39, 0.29) is 0 Å². The molecule has 4 heteroatoms. The third-order valence-electron chi connectivity index (χ3n) is 2.48. The van der Waals surface area contributed by atoms with Crippen LogP contribution < -0.4 is 5.32 Å². The Morgan fingerprint density at radius 3 is 2.56 bits per heavy atom. The number of aliphatic hydroxyl groups excluding tert-OH is 1. The molecule has 0 aliphatic carbocycles. The molecule has 0 aromatic carbocycles. The van der Waals surface area contributed by atoms with Crippen LogP contribution in [-0.2, 0) is 0 Å². The fourth-order valence-electron chi connectivity index (χ4n) is 1.62. The Hall–Kier alpha value is -0.870. The van der Waals surface area contributed by atoms with E-state index in [4.69, 9.17) is 0 Å². The van der Waals surface area contributed by atoms with Gasteiger partial charge in [0, 0.05) is 12.6 Å². The van der Waals surface area contributed by atoms with E-state index in [9.17, 15) is 5.11 Å². The topological polar surface area (TPSA) is 50.1 Å². The molecule has 0 radical (unpaired) electrons. The lowest BCUT2D eigenvalue weighted by Gasteiger charge is -2.17. The summed E-state index contributed by atoms with van der Waals surface area (Å²) >= 11 is 0. The highest BCUT2D eigenvalue weighted by atomic mass is 16.3. The van der Waals surface area contributed by atoms with Crippen molar-refractivity contribution in [2.45, 2.75) is 39.8 Å². The molecule has 0 amide bonds. The van der Waals surface area contributed by atoms with Crippen molar-refractivity contribution in [3.63, 3.8) is 0 Å². The molecule has 0 spiro atoms. The minimum absolute atomic E-state index is 0.331. The van der Waals surface area contributed by atoms with Crippen molar-refractivity contribution < 1.29 is 5.11 Å². The van der Waals surface area contributed by atoms with Crippen molar-refractivity contribution in [3.05, 3.63) is 18.2 Å². The molecular weight excluding hydrogens is 202 g/mol. The number of rotatable bonds is 6. The van der Waals surface area contributed by atoms with Gasteiger partial charge in [-0.05, 0) is 26.3 Å². The molecule has 1 aromatic rings. The van der Waals surface area contributed by atoms with Gasteiger partial charge in [-0.15, -0.1) is 0 Å². The third kappa shape index (κ3) is 3.61. The molecule has 1 aromatic heterocycles. The summed E-state index contributed by atoms with van der Waals surface area (Å²) in [5.41, 5.74) is 0.881. The second-order valence-corrected chi connectivity index (χ2v) is 4.89. The van der Waals surface area contributed by atoms with E-state index in [1.165, 1.54) is 0 Å². The van der Waals surface area contributed by atoms with Gasteiger partial charge in [0.1, 0.15) is 6.10 Å². The van der Waals surface area contributed by atoms with E-state index in [2.05, 4.69) is 38.0 Å². The quantitative estimate of drug-likeness (QED) is 0.775. The third-order valence-corrected chi connectivity index (χ3v) is 2.48. The summed E-state index contributed by atoms with van der Waals surface area (Å²) in [6.45, 7) is 9.97. The fourth-order valence-corrected chi connectivity index (χ4v) is 1.62. The first-order valence-corrected chi connectivity index (χ1v) is 5.92. The number of imidazole rings is 1. The Morgan fingerprint density at radius 1 is 1.31 bits per heavy atom. The number of hydrogen-bond donors (Lipinski definition) is 2. The maximum Gasteiger partial charge on any atom is 0.108 e. The van der Waals surface area contributed by atoms with Crippen LogP contribution >= 0.6 is 0 Å². The molecule has 1 unspecified atom stereocenters. The predicted octanol–water partition coefficient (Wildman–Crippen LogP) is 1.74. The lowest BCUT2D eigenvalue weighted by Crippen LogP contribution is -2.26. The first-order valence-electron chi connectivity index (χ1n) is 5.92. The molecule has 0 bridgehead atoms. The van der Waals surface area contributed by atoms with Crippen LogP contribution in [0.25, 0.3) is 0 Å². The van der Waals surface area contributed by atoms with E-state index in [1.54, 1.807) is 12.5 Å². The van der Waals surface area contributed by atoms with Crippen molar-refractivity contribution >= 4 is 0 Å². The highest BCUT2D eigenvalue weighted by molar-refractivity contribution is 5.04. The molecule has 92 valence electrons. The van der Waals surface area contributed by atoms with Gasteiger partial charge in [-0.3, -0.25) is 0 Å². The monoisotopic (exact) mass is 225 g/mol. The summed E-state index contributed by atoms with van der Waals surface area (Å²) in [5.74, 6) is 0.599. The molecule has 0 aliphatic heterocycles. The summed E-state index contributed by atoms with van der Waals surface area (Å²) in [6.07, 6.45) is 3.02. The molecule has 2 N–H and O–H groups in total. The van der Waals surface area contributed by atoms with Gasteiger partial charge in [-0.1, -0.05) is 13.8 Å². The normalized spacial score (nSPS) is 13.7. The number of nitrogens with zero attached hydrogens (tertiary/aromatic N) is 2. The average Bonchev–Trinajstić information content (AvgIpc) is 2.65. The number of aliphatic hydroxyl groups is 1. The zero-order chi connectivity index (χ0) is 12.1. The van der Waals surface area contributed by atoms with Crippen molar-refractivity contribution in [1.29, 1.82) is 0 Å². The molecular formula is C12H23N3O. The predicted molar refractivity (Wildman–Crippen MR) is 65.3 cm³/mol. The zero-order valence-electron chi connectivity index (χ0n) is 10.6. The second-order valence-electron chi connectivity index (χ2n) is 4.89. The van der Waals surface area contributed by atoms with Gasteiger partial charge in [0.25, 0.3) is 0 Å². The van der Waals surface area contributed by atoms with Crippen molar-refractivity contribution in [2.24, 2.45) is 5.92 Å². The standard InChI is InChI=1S/C12H23N3O/c1-9(2)5-13-7-12(16)11-6-14-8-15(11)10(3)4/h6,8-10,12-13,16H,5,7H2,1-4H3. The molecule has 0 fully saturated rings. The minimum Gasteiger partial charge on any atom is -0.385 e. The van der Waals surface area contributed by atoms with Gasteiger partial charge in [-0.2, -0.15) is 0 Å². The Balaban J connectivity index is 2.52. The minimum atomic E-state index is -0.483. The van der Waals surface area contributed by atoms with Gasteiger partial charge in [0.05, 0.1) is 18.2 Å². The molecule has 1 heterocycles. The highest BCUT2D eigenvalue weighted by Crippen LogP contribution is 2.16. The van der Waals surface area contributed by atoms with Crippen LogP contribution in [0.2, 0.25) is 0 Å². The summed E-state index contributed by atoms with van der Waals surface area (Å²) in [4.78, 5) is 4.08. The summed E-state index contributed by atoms with van der Waals surface area (Å²) in [7, 11) is 0. The Kier molecular flexibility index (Phi) is 4.96. The summed E-state index contributed by atoms with van der Waals surface area (Å²) < 4.78 is 2.00. The van der Waals surface area contributed by atoms with E-state index < -0.39 is 6.10 Å². The van der Waals surface area contributed by atoms with E-state index in [1.807, 2.05) is 4.57 Å². The summed E-state index contributed by atoms with van der Waals surface area (Å²) in [5, 5.41) is 13.3. The maximum atomic E-state index is 10.0. The van der Waals surface area contributed by atoms with Gasteiger partial charge in [0.15, 0.2) is 0 Å². The Morgan fingerprint density at radius 2 is 2.00 bits per heavy atom. The van der Waals surface area contributed by atoms with Crippen LogP contribution in [0.1, 0.15) is 45.5 Å². The smallest absolute Gasteiger partial charge is 0.108 e. The van der Waals surface area contributed by atoms with E-state index in [0.717, 1.165) is 12.2 Å². The van der Waals surface area contributed by atoms with Crippen LogP contribution in [0.15, 0.2) is 12.5 Å². The van der Waals surface area contributed by atoms with E-state index >= 15 is 0 Å². The molecule has 16 heavy (non-hydrogen) atoms. The average molecular weight is 225 g/mol. The fraction of sp³-hybridized carbons (Fsp3) is 0.750. The van der Waals surface area contributed by atoms with Gasteiger partial charge >= 0.3 is 0 Å². The Labute approximate surface area is 97.7 Å². The van der Waals surface area contributed by atoms with Crippen LogP contribution in [0.5, 0.6) is 0 Å². The van der Waals surface area contributed by atoms with Crippen LogP contribution in [0, 0.1) is 5.92 Å². The van der Waals surface area contributed by atoms with Gasteiger partial charge in [0.2, 0.25) is 0 Å². The SMILES string of the molecule is CC(C)CNCC(O)c1cncn1C(C)C. The summed E-state index contributed by atoms with van der Waals surface area (Å²) in [6, 6.07) is 0.331. The zero-order valence-corrected chi connectivity index (χ0v) is 10.6. The van der Waals surface area contributed by atoms with E-state index in [0.29, 0.717) is 18.5 Å². The molecule has 0 aliphatic rings. The lowest BCUT2D eigenvalue weighted by atomic mass is 10.2.